The SMILES string of the molecule is C=CCc1cc(/C=C(/C#N)C(=O)NC2CCCC2)cc(OCC)c1OCc1ccc(C)cc1. The molecule has 33 heavy (non-hydrogen) atoms. The van der Waals surface area contributed by atoms with E-state index in [-0.39, 0.29) is 17.5 Å². The van der Waals surface area contributed by atoms with Gasteiger partial charge >= 0.3 is 0 Å². The van der Waals surface area contributed by atoms with Crippen molar-refractivity contribution in [2.45, 2.75) is 58.6 Å². The highest BCUT2D eigenvalue weighted by molar-refractivity contribution is 6.01. The second-order valence-electron chi connectivity index (χ2n) is 8.33. The number of amides is 1. The average molecular weight is 445 g/mol. The standard InChI is InChI=1S/C28H32N2O3/c1-4-8-23-15-22(16-24(18-29)28(31)30-25-9-6-7-10-25)17-26(32-5-2)27(23)33-19-21-13-11-20(3)12-14-21/h4,11-17,25H,1,5-10,19H2,2-3H3,(H,30,31)/b24-16-. The number of ether oxygens (including phenoxy) is 2. The highest BCUT2D eigenvalue weighted by atomic mass is 16.5. The summed E-state index contributed by atoms with van der Waals surface area (Å²) in [5, 5.41) is 12.6. The fourth-order valence-corrected chi connectivity index (χ4v) is 3.99. The Kier molecular flexibility index (Phi) is 8.71. The third kappa shape index (κ3) is 6.73. The second-order valence-corrected chi connectivity index (χ2v) is 8.33. The van der Waals surface area contributed by atoms with Gasteiger partial charge in [-0.2, -0.15) is 5.26 Å². The Bertz CT molecular complexity index is 1040. The van der Waals surface area contributed by atoms with E-state index in [9.17, 15) is 10.1 Å². The molecule has 0 aliphatic heterocycles. The fourth-order valence-electron chi connectivity index (χ4n) is 3.99. The van der Waals surface area contributed by atoms with Crippen LogP contribution >= 0.6 is 0 Å². The summed E-state index contributed by atoms with van der Waals surface area (Å²) in [6, 6.07) is 14.2. The monoisotopic (exact) mass is 444 g/mol. The van der Waals surface area contributed by atoms with Crippen molar-refractivity contribution in [1.29, 1.82) is 5.26 Å². The maximum atomic E-state index is 12.6. The summed E-state index contributed by atoms with van der Waals surface area (Å²) in [5.41, 5.74) is 3.95. The molecule has 1 fully saturated rings. The molecule has 5 nitrogen and oxygen atoms in total. The van der Waals surface area contributed by atoms with Crippen molar-refractivity contribution < 1.29 is 14.3 Å². The predicted molar refractivity (Wildman–Crippen MR) is 131 cm³/mol. The van der Waals surface area contributed by atoms with E-state index in [1.165, 1.54) is 5.56 Å². The van der Waals surface area contributed by atoms with Crippen LogP contribution < -0.4 is 14.8 Å². The van der Waals surface area contributed by atoms with Crippen LogP contribution in [0.3, 0.4) is 0 Å². The number of nitrogens with one attached hydrogen (secondary N) is 1. The van der Waals surface area contributed by atoms with Gasteiger partial charge in [0.1, 0.15) is 18.2 Å². The van der Waals surface area contributed by atoms with Gasteiger partial charge in [0, 0.05) is 11.6 Å². The van der Waals surface area contributed by atoms with Crippen LogP contribution in [0.1, 0.15) is 54.9 Å². The van der Waals surface area contributed by atoms with Crippen molar-refractivity contribution >= 4 is 12.0 Å². The van der Waals surface area contributed by atoms with Crippen LogP contribution in [0.4, 0.5) is 0 Å². The average Bonchev–Trinajstić information content (AvgIpc) is 3.31. The summed E-state index contributed by atoms with van der Waals surface area (Å²) in [6.45, 7) is 8.70. The summed E-state index contributed by atoms with van der Waals surface area (Å²) < 4.78 is 12.1. The minimum Gasteiger partial charge on any atom is -0.490 e. The Morgan fingerprint density at radius 1 is 1.21 bits per heavy atom. The molecule has 0 saturated heterocycles. The molecule has 3 rings (SSSR count). The van der Waals surface area contributed by atoms with E-state index in [0.29, 0.717) is 31.1 Å². The number of allylic oxidation sites excluding steroid dienone is 1. The Morgan fingerprint density at radius 2 is 1.94 bits per heavy atom. The highest BCUT2D eigenvalue weighted by Crippen LogP contribution is 2.35. The van der Waals surface area contributed by atoms with E-state index < -0.39 is 0 Å². The van der Waals surface area contributed by atoms with E-state index in [1.54, 1.807) is 12.2 Å². The Morgan fingerprint density at radius 3 is 2.58 bits per heavy atom. The number of hydrogen-bond donors (Lipinski definition) is 1. The minimum atomic E-state index is -0.327. The Labute approximate surface area is 196 Å². The first-order valence-corrected chi connectivity index (χ1v) is 11.6. The van der Waals surface area contributed by atoms with Crippen LogP contribution in [0.2, 0.25) is 0 Å². The molecule has 172 valence electrons. The maximum absolute atomic E-state index is 12.6. The van der Waals surface area contributed by atoms with Gasteiger partial charge in [-0.15, -0.1) is 6.58 Å². The van der Waals surface area contributed by atoms with Crippen molar-refractivity contribution in [3.63, 3.8) is 0 Å². The van der Waals surface area contributed by atoms with Gasteiger partial charge in [0.25, 0.3) is 5.91 Å². The molecule has 0 heterocycles. The first-order valence-electron chi connectivity index (χ1n) is 11.6. The van der Waals surface area contributed by atoms with Gasteiger partial charge in [-0.25, -0.2) is 0 Å². The summed E-state index contributed by atoms with van der Waals surface area (Å²) >= 11 is 0. The number of benzene rings is 2. The summed E-state index contributed by atoms with van der Waals surface area (Å²) in [6.07, 6.45) is 8.15. The fraction of sp³-hybridized carbons (Fsp3) is 0.357. The number of carbonyl (C=O) groups excluding carboxylic acids is 1. The van der Waals surface area contributed by atoms with E-state index in [1.807, 2.05) is 37.3 Å². The summed E-state index contributed by atoms with van der Waals surface area (Å²) in [4.78, 5) is 12.6. The predicted octanol–water partition coefficient (Wildman–Crippen LogP) is 5.67. The topological polar surface area (TPSA) is 71.4 Å². The van der Waals surface area contributed by atoms with Gasteiger partial charge in [-0.3, -0.25) is 4.79 Å². The first kappa shape index (κ1) is 24.1. The number of rotatable bonds is 10. The van der Waals surface area contributed by atoms with Crippen molar-refractivity contribution in [3.8, 4) is 17.6 Å². The quantitative estimate of drug-likeness (QED) is 0.291. The summed E-state index contributed by atoms with van der Waals surface area (Å²) in [7, 11) is 0. The van der Waals surface area contributed by atoms with Gasteiger partial charge in [0.15, 0.2) is 11.5 Å². The normalized spacial score (nSPS) is 13.9. The van der Waals surface area contributed by atoms with E-state index in [0.717, 1.165) is 42.4 Å². The highest BCUT2D eigenvalue weighted by Gasteiger charge is 2.20. The number of hydrogen-bond acceptors (Lipinski definition) is 4. The van der Waals surface area contributed by atoms with Gasteiger partial charge in [0.05, 0.1) is 6.61 Å². The molecule has 2 aromatic carbocycles. The van der Waals surface area contributed by atoms with E-state index >= 15 is 0 Å². The molecule has 1 aliphatic rings. The lowest BCUT2D eigenvalue weighted by molar-refractivity contribution is -0.117. The Balaban J connectivity index is 1.89. The zero-order chi connectivity index (χ0) is 23.6. The number of aryl methyl sites for hydroxylation is 1. The largest absolute Gasteiger partial charge is 0.490 e. The van der Waals surface area contributed by atoms with Crippen molar-refractivity contribution in [1.82, 2.24) is 5.32 Å². The molecule has 1 aliphatic carbocycles. The number of nitriles is 1. The van der Waals surface area contributed by atoms with Crippen LogP contribution in [-0.4, -0.2) is 18.6 Å². The molecule has 0 aromatic heterocycles. The van der Waals surface area contributed by atoms with Crippen LogP contribution in [-0.2, 0) is 17.8 Å². The van der Waals surface area contributed by atoms with Gasteiger partial charge in [-0.05, 0) is 62.4 Å². The second kappa shape index (κ2) is 11.9. The minimum absolute atomic E-state index is 0.0854. The van der Waals surface area contributed by atoms with Crippen LogP contribution in [0, 0.1) is 18.3 Å². The molecule has 0 spiro atoms. The zero-order valence-corrected chi connectivity index (χ0v) is 19.5. The van der Waals surface area contributed by atoms with Crippen molar-refractivity contribution in [2.75, 3.05) is 6.61 Å². The zero-order valence-electron chi connectivity index (χ0n) is 19.5. The number of carbonyl (C=O) groups is 1. The van der Waals surface area contributed by atoms with Gasteiger partial charge in [-0.1, -0.05) is 48.7 Å². The lowest BCUT2D eigenvalue weighted by Crippen LogP contribution is -2.33. The van der Waals surface area contributed by atoms with Crippen LogP contribution in [0.15, 0.2) is 54.6 Å². The Hall–Kier alpha value is -3.52. The number of nitrogens with zero attached hydrogens (tertiary/aromatic N) is 1. The molecule has 0 atom stereocenters. The van der Waals surface area contributed by atoms with Crippen LogP contribution in [0.25, 0.3) is 6.08 Å². The third-order valence-electron chi connectivity index (χ3n) is 5.69. The molecule has 0 bridgehead atoms. The van der Waals surface area contributed by atoms with Crippen molar-refractivity contribution in [2.24, 2.45) is 0 Å². The molecule has 0 unspecified atom stereocenters. The maximum Gasteiger partial charge on any atom is 0.262 e. The first-order chi connectivity index (χ1) is 16.0. The van der Waals surface area contributed by atoms with Crippen LogP contribution in [0.5, 0.6) is 11.5 Å². The molecule has 5 heteroatoms. The van der Waals surface area contributed by atoms with E-state index in [4.69, 9.17) is 9.47 Å². The molecule has 1 saturated carbocycles. The lowest BCUT2D eigenvalue weighted by atomic mass is 10.0. The lowest BCUT2D eigenvalue weighted by Gasteiger charge is -2.17. The smallest absolute Gasteiger partial charge is 0.262 e. The van der Waals surface area contributed by atoms with Crippen molar-refractivity contribution in [3.05, 3.63) is 76.9 Å². The molecular formula is C28H32N2O3. The van der Waals surface area contributed by atoms with Gasteiger partial charge in [0.2, 0.25) is 0 Å². The molecule has 1 N–H and O–H groups in total. The van der Waals surface area contributed by atoms with E-state index in [2.05, 4.69) is 31.0 Å². The third-order valence-corrected chi connectivity index (χ3v) is 5.69. The molecular weight excluding hydrogens is 412 g/mol. The molecule has 2 aromatic rings. The molecule has 0 radical (unpaired) electrons. The summed E-state index contributed by atoms with van der Waals surface area (Å²) in [5.74, 6) is 0.916. The molecule has 1 amide bonds. The van der Waals surface area contributed by atoms with Gasteiger partial charge < -0.3 is 14.8 Å².